The number of rotatable bonds is 6. The van der Waals surface area contributed by atoms with Gasteiger partial charge in [-0.1, -0.05) is 26.0 Å². The Morgan fingerprint density at radius 2 is 1.82 bits per heavy atom. The second kappa shape index (κ2) is 6.14. The van der Waals surface area contributed by atoms with E-state index in [1.807, 2.05) is 6.92 Å². The van der Waals surface area contributed by atoms with Crippen LogP contribution in [0.15, 0.2) is 12.2 Å². The van der Waals surface area contributed by atoms with E-state index in [0.29, 0.717) is 12.2 Å². The monoisotopic (exact) mass is 154 g/mol. The van der Waals surface area contributed by atoms with Gasteiger partial charge in [0.25, 0.3) is 0 Å². The third-order valence-corrected chi connectivity index (χ3v) is 1.88. The van der Waals surface area contributed by atoms with Gasteiger partial charge in [0.2, 0.25) is 0 Å². The minimum absolute atomic E-state index is 0.369. The number of carbonyl (C=O) groups is 1. The van der Waals surface area contributed by atoms with Crippen LogP contribution in [0, 0.1) is 0 Å². The van der Waals surface area contributed by atoms with Gasteiger partial charge in [-0.25, -0.2) is 0 Å². The lowest BCUT2D eigenvalue weighted by Gasteiger charge is -2.00. The highest BCUT2D eigenvalue weighted by atomic mass is 16.1. The van der Waals surface area contributed by atoms with Gasteiger partial charge in [0.1, 0.15) is 5.78 Å². The van der Waals surface area contributed by atoms with Crippen LogP contribution in [0.4, 0.5) is 0 Å². The molecule has 0 fully saturated rings. The first-order valence-electron chi connectivity index (χ1n) is 4.39. The first kappa shape index (κ1) is 10.4. The number of Topliss-reactive ketones (excluding diaryl/α,β-unsaturated/α-hetero) is 1. The lowest BCUT2D eigenvalue weighted by atomic mass is 10.1. The molecule has 0 aromatic heterocycles. The summed E-state index contributed by atoms with van der Waals surface area (Å²) in [7, 11) is 0. The van der Waals surface area contributed by atoms with Crippen molar-refractivity contribution < 1.29 is 4.79 Å². The summed E-state index contributed by atoms with van der Waals surface area (Å²) in [5.74, 6) is 0.369. The van der Waals surface area contributed by atoms with Crippen molar-refractivity contribution in [3.05, 3.63) is 12.2 Å². The van der Waals surface area contributed by atoms with Crippen molar-refractivity contribution in [1.82, 2.24) is 0 Å². The van der Waals surface area contributed by atoms with Gasteiger partial charge in [0, 0.05) is 12.8 Å². The zero-order chi connectivity index (χ0) is 8.69. The molecule has 0 amide bonds. The number of ketones is 1. The maximum absolute atomic E-state index is 10.9. The van der Waals surface area contributed by atoms with E-state index in [4.69, 9.17) is 0 Å². The van der Waals surface area contributed by atoms with E-state index in [-0.39, 0.29) is 0 Å². The van der Waals surface area contributed by atoms with Gasteiger partial charge in [-0.15, -0.1) is 0 Å². The predicted molar refractivity (Wildman–Crippen MR) is 48.6 cm³/mol. The SMILES string of the molecule is C=C(CC)CCCC(=O)CC. The lowest BCUT2D eigenvalue weighted by Crippen LogP contribution is -1.94. The van der Waals surface area contributed by atoms with Crippen molar-refractivity contribution in [3.8, 4) is 0 Å². The molecule has 0 aromatic rings. The molecule has 0 unspecified atom stereocenters. The average molecular weight is 154 g/mol. The summed E-state index contributed by atoms with van der Waals surface area (Å²) in [6, 6.07) is 0. The molecule has 11 heavy (non-hydrogen) atoms. The summed E-state index contributed by atoms with van der Waals surface area (Å²) < 4.78 is 0. The minimum Gasteiger partial charge on any atom is -0.300 e. The van der Waals surface area contributed by atoms with Gasteiger partial charge < -0.3 is 0 Å². The molecule has 0 bridgehead atoms. The minimum atomic E-state index is 0.369. The molecule has 0 aliphatic rings. The summed E-state index contributed by atoms with van der Waals surface area (Å²) in [5.41, 5.74) is 1.26. The number of allylic oxidation sites excluding steroid dienone is 1. The van der Waals surface area contributed by atoms with E-state index in [2.05, 4.69) is 13.5 Å². The van der Waals surface area contributed by atoms with Crippen LogP contribution in [0.3, 0.4) is 0 Å². The predicted octanol–water partition coefficient (Wildman–Crippen LogP) is 3.10. The van der Waals surface area contributed by atoms with Crippen LogP contribution < -0.4 is 0 Å². The van der Waals surface area contributed by atoms with E-state index in [9.17, 15) is 4.79 Å². The van der Waals surface area contributed by atoms with Crippen LogP contribution in [0.1, 0.15) is 46.0 Å². The van der Waals surface area contributed by atoms with Gasteiger partial charge >= 0.3 is 0 Å². The Balaban J connectivity index is 3.27. The van der Waals surface area contributed by atoms with E-state index in [1.54, 1.807) is 0 Å². The van der Waals surface area contributed by atoms with Gasteiger partial charge in [-0.05, 0) is 19.3 Å². The quantitative estimate of drug-likeness (QED) is 0.537. The van der Waals surface area contributed by atoms with Crippen LogP contribution in [-0.4, -0.2) is 5.78 Å². The standard InChI is InChI=1S/C10H18O/c1-4-9(3)7-6-8-10(11)5-2/h3-8H2,1-2H3. The van der Waals surface area contributed by atoms with Crippen LogP contribution >= 0.6 is 0 Å². The molecule has 0 aliphatic heterocycles. The maximum Gasteiger partial charge on any atom is 0.132 e. The van der Waals surface area contributed by atoms with Gasteiger partial charge in [-0.2, -0.15) is 0 Å². The molecule has 0 saturated heterocycles. The third kappa shape index (κ3) is 5.84. The Labute approximate surface area is 69.5 Å². The van der Waals surface area contributed by atoms with Gasteiger partial charge in [0.15, 0.2) is 0 Å². The van der Waals surface area contributed by atoms with E-state index in [1.165, 1.54) is 5.57 Å². The van der Waals surface area contributed by atoms with Crippen molar-refractivity contribution in [1.29, 1.82) is 0 Å². The fourth-order valence-electron chi connectivity index (χ4n) is 0.889. The first-order valence-corrected chi connectivity index (χ1v) is 4.39. The molecule has 0 rings (SSSR count). The normalized spacial score (nSPS) is 9.64. The van der Waals surface area contributed by atoms with Gasteiger partial charge in [-0.3, -0.25) is 4.79 Å². The number of hydrogen-bond donors (Lipinski definition) is 0. The highest BCUT2D eigenvalue weighted by Gasteiger charge is 1.97. The molecule has 0 spiro atoms. The van der Waals surface area contributed by atoms with Crippen molar-refractivity contribution in [3.63, 3.8) is 0 Å². The molecule has 64 valence electrons. The molecule has 0 saturated carbocycles. The highest BCUT2D eigenvalue weighted by molar-refractivity contribution is 5.77. The third-order valence-electron chi connectivity index (χ3n) is 1.88. The molecule has 1 heteroatoms. The Kier molecular flexibility index (Phi) is 5.81. The summed E-state index contributed by atoms with van der Waals surface area (Å²) in [5, 5.41) is 0. The number of hydrogen-bond acceptors (Lipinski definition) is 1. The second-order valence-electron chi connectivity index (χ2n) is 2.85. The van der Waals surface area contributed by atoms with Crippen LogP contribution in [-0.2, 0) is 4.79 Å². The molecule has 0 aromatic carbocycles. The highest BCUT2D eigenvalue weighted by Crippen LogP contribution is 2.08. The first-order chi connectivity index (χ1) is 5.20. The smallest absolute Gasteiger partial charge is 0.132 e. The zero-order valence-electron chi connectivity index (χ0n) is 7.65. The van der Waals surface area contributed by atoms with E-state index < -0.39 is 0 Å². The van der Waals surface area contributed by atoms with Crippen molar-refractivity contribution >= 4 is 5.78 Å². The lowest BCUT2D eigenvalue weighted by molar-refractivity contribution is -0.118. The van der Waals surface area contributed by atoms with Crippen molar-refractivity contribution in [2.24, 2.45) is 0 Å². The van der Waals surface area contributed by atoms with E-state index in [0.717, 1.165) is 25.7 Å². The Morgan fingerprint density at radius 3 is 2.27 bits per heavy atom. The summed E-state index contributed by atoms with van der Waals surface area (Å²) in [6.45, 7) is 7.90. The largest absolute Gasteiger partial charge is 0.300 e. The summed E-state index contributed by atoms with van der Waals surface area (Å²) in [6.07, 6.45) is 4.45. The Hall–Kier alpha value is -0.590. The molecule has 0 aliphatic carbocycles. The molecular weight excluding hydrogens is 136 g/mol. The van der Waals surface area contributed by atoms with Crippen LogP contribution in [0.2, 0.25) is 0 Å². The topological polar surface area (TPSA) is 17.1 Å². The summed E-state index contributed by atoms with van der Waals surface area (Å²) in [4.78, 5) is 10.9. The molecule has 0 N–H and O–H groups in total. The van der Waals surface area contributed by atoms with Crippen LogP contribution in [0.25, 0.3) is 0 Å². The molecule has 0 atom stereocenters. The molecule has 0 radical (unpaired) electrons. The molecule has 0 heterocycles. The second-order valence-corrected chi connectivity index (χ2v) is 2.85. The van der Waals surface area contributed by atoms with Crippen LogP contribution in [0.5, 0.6) is 0 Å². The summed E-state index contributed by atoms with van der Waals surface area (Å²) >= 11 is 0. The number of carbonyl (C=O) groups excluding carboxylic acids is 1. The maximum atomic E-state index is 10.9. The van der Waals surface area contributed by atoms with Gasteiger partial charge in [0.05, 0.1) is 0 Å². The fourth-order valence-corrected chi connectivity index (χ4v) is 0.889. The average Bonchev–Trinajstić information content (AvgIpc) is 2.04. The van der Waals surface area contributed by atoms with E-state index >= 15 is 0 Å². The fraction of sp³-hybridized carbons (Fsp3) is 0.700. The molecular formula is C10H18O. The molecule has 1 nitrogen and oxygen atoms in total. The Bertz CT molecular complexity index is 120. The van der Waals surface area contributed by atoms with Crippen molar-refractivity contribution in [2.75, 3.05) is 0 Å². The van der Waals surface area contributed by atoms with Crippen molar-refractivity contribution in [2.45, 2.75) is 46.0 Å². The zero-order valence-corrected chi connectivity index (χ0v) is 7.65. The Morgan fingerprint density at radius 1 is 1.18 bits per heavy atom.